The summed E-state index contributed by atoms with van der Waals surface area (Å²) >= 11 is 0. The van der Waals surface area contributed by atoms with E-state index in [0.29, 0.717) is 12.8 Å². The van der Waals surface area contributed by atoms with Crippen LogP contribution in [-0.2, 0) is 35.1 Å². The molecule has 1 fully saturated rings. The Hall–Kier alpha value is -2.73. The van der Waals surface area contributed by atoms with Crippen molar-refractivity contribution in [2.24, 2.45) is 5.92 Å². The molecule has 1 aromatic carbocycles. The molecule has 4 N–H and O–H groups in total. The highest BCUT2D eigenvalue weighted by Crippen LogP contribution is 2.24. The molecule has 1 aromatic rings. The molecule has 0 spiro atoms. The van der Waals surface area contributed by atoms with E-state index in [1.165, 1.54) is 28.7 Å². The number of hydrogen-bond acceptors (Lipinski definition) is 8. The van der Waals surface area contributed by atoms with Crippen LogP contribution in [0.5, 0.6) is 0 Å². The van der Waals surface area contributed by atoms with Crippen LogP contribution in [0, 0.1) is 5.92 Å². The zero-order valence-corrected chi connectivity index (χ0v) is 21.6. The van der Waals surface area contributed by atoms with Gasteiger partial charge in [-0.15, -0.1) is 0 Å². The highest BCUT2D eigenvalue weighted by atomic mass is 33.1. The topological polar surface area (TPSA) is 143 Å². The number of rotatable bonds is 7. The van der Waals surface area contributed by atoms with E-state index in [1.807, 2.05) is 44.2 Å². The standard InChI is InChI=1S/C23H32N4O6S2/c1-14(2)9-16-20(29)26-17(10-15-7-5-4-6-8-15)21(30)27-19(23(32)33-3)12-35-34-11-18(24-13-28)22(31)25-16/h4-8,13-14,16-19H,9-12H2,1-3H3,(H,24,28)(H,25,31)(H,26,29)(H,27,30)/t16-,17-,18-,19-/m0/s1. The molecule has 0 unspecified atom stereocenters. The number of amides is 4. The average Bonchev–Trinajstić information content (AvgIpc) is 2.83. The fourth-order valence-electron chi connectivity index (χ4n) is 3.40. The van der Waals surface area contributed by atoms with E-state index >= 15 is 0 Å². The number of carbonyl (C=O) groups is 5. The van der Waals surface area contributed by atoms with Crippen LogP contribution in [0.15, 0.2) is 30.3 Å². The lowest BCUT2D eigenvalue weighted by molar-refractivity contribution is -0.144. The molecule has 0 bridgehead atoms. The lowest BCUT2D eigenvalue weighted by Crippen LogP contribution is -2.58. The predicted molar refractivity (Wildman–Crippen MR) is 135 cm³/mol. The number of carbonyl (C=O) groups excluding carboxylic acids is 5. The molecular formula is C23H32N4O6S2. The highest BCUT2D eigenvalue weighted by Gasteiger charge is 2.32. The third-order valence-electron chi connectivity index (χ3n) is 5.20. The largest absolute Gasteiger partial charge is 0.467 e. The molecule has 1 saturated heterocycles. The van der Waals surface area contributed by atoms with Crippen molar-refractivity contribution in [3.63, 3.8) is 0 Å². The van der Waals surface area contributed by atoms with Gasteiger partial charge in [-0.1, -0.05) is 65.8 Å². The predicted octanol–water partition coefficient (Wildman–Crippen LogP) is 0.412. The lowest BCUT2D eigenvalue weighted by Gasteiger charge is -2.27. The molecule has 1 aliphatic rings. The first-order valence-corrected chi connectivity index (χ1v) is 13.7. The third kappa shape index (κ3) is 9.44. The number of esters is 1. The molecule has 4 atom stereocenters. The van der Waals surface area contributed by atoms with Gasteiger partial charge in [-0.2, -0.15) is 0 Å². The number of benzene rings is 1. The summed E-state index contributed by atoms with van der Waals surface area (Å²) in [5.74, 6) is -1.75. The van der Waals surface area contributed by atoms with Gasteiger partial charge in [0, 0.05) is 17.9 Å². The summed E-state index contributed by atoms with van der Waals surface area (Å²) in [5.41, 5.74) is 0.813. The molecule has 0 radical (unpaired) electrons. The zero-order chi connectivity index (χ0) is 25.8. The Bertz CT molecular complexity index is 886. The van der Waals surface area contributed by atoms with Gasteiger partial charge in [0.2, 0.25) is 24.1 Å². The first-order valence-electron chi connectivity index (χ1n) is 11.2. The monoisotopic (exact) mass is 524 g/mol. The van der Waals surface area contributed by atoms with Crippen LogP contribution in [0.4, 0.5) is 0 Å². The summed E-state index contributed by atoms with van der Waals surface area (Å²) < 4.78 is 4.83. The SMILES string of the molecule is COC(=O)[C@@H]1CSSC[C@H](NC=O)C(=O)N[C@@H](CC(C)C)C(=O)N[C@@H](Cc2ccccc2)C(=O)N1. The van der Waals surface area contributed by atoms with Gasteiger partial charge >= 0.3 is 5.97 Å². The van der Waals surface area contributed by atoms with Crippen molar-refractivity contribution in [2.45, 2.75) is 50.9 Å². The Morgan fingerprint density at radius 2 is 1.66 bits per heavy atom. The summed E-state index contributed by atoms with van der Waals surface area (Å²) in [6, 6.07) is 5.42. The first-order chi connectivity index (χ1) is 16.7. The molecule has 4 amide bonds. The van der Waals surface area contributed by atoms with Crippen LogP contribution in [0.3, 0.4) is 0 Å². The van der Waals surface area contributed by atoms with Crippen LogP contribution in [0.2, 0.25) is 0 Å². The quantitative estimate of drug-likeness (QED) is 0.228. The van der Waals surface area contributed by atoms with Crippen molar-refractivity contribution in [3.8, 4) is 0 Å². The lowest BCUT2D eigenvalue weighted by atomic mass is 10.0. The minimum atomic E-state index is -0.992. The maximum absolute atomic E-state index is 13.3. The van der Waals surface area contributed by atoms with E-state index in [2.05, 4.69) is 21.3 Å². The summed E-state index contributed by atoms with van der Waals surface area (Å²) in [4.78, 5) is 62.7. The zero-order valence-electron chi connectivity index (χ0n) is 19.9. The van der Waals surface area contributed by atoms with E-state index in [0.717, 1.165) is 5.56 Å². The van der Waals surface area contributed by atoms with Gasteiger partial charge in [-0.05, 0) is 17.9 Å². The molecule has 35 heavy (non-hydrogen) atoms. The molecule has 0 aliphatic carbocycles. The maximum atomic E-state index is 13.3. The van der Waals surface area contributed by atoms with Gasteiger partial charge in [-0.3, -0.25) is 19.2 Å². The van der Waals surface area contributed by atoms with Crippen molar-refractivity contribution in [3.05, 3.63) is 35.9 Å². The summed E-state index contributed by atoms with van der Waals surface area (Å²) in [6.45, 7) is 3.82. The van der Waals surface area contributed by atoms with Crippen LogP contribution in [-0.4, -0.2) is 72.9 Å². The average molecular weight is 525 g/mol. The minimum Gasteiger partial charge on any atom is -0.467 e. The molecule has 10 nitrogen and oxygen atoms in total. The molecule has 1 aliphatic heterocycles. The maximum Gasteiger partial charge on any atom is 0.329 e. The Morgan fingerprint density at radius 3 is 2.29 bits per heavy atom. The van der Waals surface area contributed by atoms with Gasteiger partial charge in [0.05, 0.1) is 7.11 Å². The molecule has 1 heterocycles. The van der Waals surface area contributed by atoms with E-state index in [4.69, 9.17) is 4.74 Å². The van der Waals surface area contributed by atoms with E-state index in [9.17, 15) is 24.0 Å². The minimum absolute atomic E-state index is 0.0671. The third-order valence-corrected chi connectivity index (χ3v) is 7.62. The van der Waals surface area contributed by atoms with Gasteiger partial charge in [0.1, 0.15) is 24.2 Å². The fourth-order valence-corrected chi connectivity index (χ4v) is 5.73. The second kappa shape index (κ2) is 14.6. The second-order valence-corrected chi connectivity index (χ2v) is 11.0. The van der Waals surface area contributed by atoms with Gasteiger partial charge in [0.25, 0.3) is 0 Å². The molecule has 192 valence electrons. The Balaban J connectivity index is 2.38. The number of ether oxygens (including phenoxy) is 1. The molecule has 12 heteroatoms. The molecule has 2 rings (SSSR count). The Labute approximate surface area is 212 Å². The van der Waals surface area contributed by atoms with Crippen LogP contribution in [0.1, 0.15) is 25.8 Å². The van der Waals surface area contributed by atoms with Crippen molar-refractivity contribution in [2.75, 3.05) is 18.6 Å². The molecule has 0 saturated carbocycles. The number of nitrogens with one attached hydrogen (secondary N) is 4. The summed E-state index contributed by atoms with van der Waals surface area (Å²) in [6.07, 6.45) is 0.951. The van der Waals surface area contributed by atoms with Gasteiger partial charge in [-0.25, -0.2) is 4.79 Å². The van der Waals surface area contributed by atoms with E-state index in [1.54, 1.807) is 0 Å². The number of hydrogen-bond donors (Lipinski definition) is 4. The summed E-state index contributed by atoms with van der Waals surface area (Å²) in [5, 5.41) is 10.6. The van der Waals surface area contributed by atoms with Crippen molar-refractivity contribution >= 4 is 51.7 Å². The van der Waals surface area contributed by atoms with Crippen molar-refractivity contribution in [1.82, 2.24) is 21.3 Å². The second-order valence-electron chi connectivity index (χ2n) is 8.43. The molecular weight excluding hydrogens is 492 g/mol. The van der Waals surface area contributed by atoms with Crippen LogP contribution in [0.25, 0.3) is 0 Å². The summed E-state index contributed by atoms with van der Waals surface area (Å²) in [7, 11) is 3.75. The normalized spacial score (nSPS) is 24.4. The van der Waals surface area contributed by atoms with Crippen LogP contribution >= 0.6 is 21.6 Å². The number of methoxy groups -OCH3 is 1. The molecule has 0 aromatic heterocycles. The fraction of sp³-hybridized carbons (Fsp3) is 0.522. The highest BCUT2D eigenvalue weighted by molar-refractivity contribution is 8.76. The smallest absolute Gasteiger partial charge is 0.329 e. The van der Waals surface area contributed by atoms with Crippen molar-refractivity contribution < 1.29 is 28.7 Å². The first kappa shape index (κ1) is 28.5. The van der Waals surface area contributed by atoms with E-state index < -0.39 is 47.9 Å². The van der Waals surface area contributed by atoms with Crippen molar-refractivity contribution in [1.29, 1.82) is 0 Å². The van der Waals surface area contributed by atoms with Crippen LogP contribution < -0.4 is 21.3 Å². The Kier molecular flexibility index (Phi) is 11.9. The van der Waals surface area contributed by atoms with E-state index in [-0.39, 0.29) is 23.8 Å². The van der Waals surface area contributed by atoms with Gasteiger partial charge < -0.3 is 26.0 Å². The van der Waals surface area contributed by atoms with Gasteiger partial charge in [0.15, 0.2) is 0 Å². The Morgan fingerprint density at radius 1 is 1.03 bits per heavy atom.